The molecule has 3 heterocycles. The number of fused-ring (bicyclic) bond motifs is 1. The van der Waals surface area contributed by atoms with Gasteiger partial charge in [0.05, 0.1) is 19.9 Å². The van der Waals surface area contributed by atoms with Crippen molar-refractivity contribution in [2.75, 3.05) is 40.6 Å². The summed E-state index contributed by atoms with van der Waals surface area (Å²) in [5.74, 6) is 2.55. The van der Waals surface area contributed by atoms with E-state index in [1.165, 1.54) is 19.3 Å². The number of oxime groups is 1. The topological polar surface area (TPSA) is 61.8 Å². The van der Waals surface area contributed by atoms with Crippen molar-refractivity contribution in [3.8, 4) is 23.0 Å². The average molecular weight is 362 g/mol. The number of nitrogens with zero attached hydrogens (tertiary/aromatic N) is 2. The van der Waals surface area contributed by atoms with Crippen molar-refractivity contribution < 1.29 is 23.8 Å². The predicted molar refractivity (Wildman–Crippen MR) is 96.6 cm³/mol. The fourth-order valence-electron chi connectivity index (χ4n) is 3.90. The SMILES string of the molecule is COc1cc(C[C@H]2CC(CN3CCCCC3)=NO2)c(OC)c2c1OCO2. The second-order valence-corrected chi connectivity index (χ2v) is 6.97. The van der Waals surface area contributed by atoms with Crippen molar-refractivity contribution in [1.29, 1.82) is 0 Å². The molecule has 0 amide bonds. The van der Waals surface area contributed by atoms with Crippen LogP contribution in [0.2, 0.25) is 0 Å². The van der Waals surface area contributed by atoms with Crippen LogP contribution in [0.4, 0.5) is 0 Å². The molecule has 0 saturated carbocycles. The number of ether oxygens (including phenoxy) is 4. The third-order valence-electron chi connectivity index (χ3n) is 5.16. The summed E-state index contributed by atoms with van der Waals surface area (Å²) in [6, 6.07) is 1.94. The summed E-state index contributed by atoms with van der Waals surface area (Å²) in [6.45, 7) is 3.42. The monoisotopic (exact) mass is 362 g/mol. The van der Waals surface area contributed by atoms with Crippen LogP contribution in [0.1, 0.15) is 31.2 Å². The lowest BCUT2D eigenvalue weighted by Crippen LogP contribution is -2.34. The van der Waals surface area contributed by atoms with Crippen LogP contribution in [0, 0.1) is 0 Å². The molecule has 0 spiro atoms. The average Bonchev–Trinajstić information content (AvgIpc) is 3.31. The van der Waals surface area contributed by atoms with Crippen molar-refractivity contribution in [2.24, 2.45) is 5.16 Å². The molecular weight excluding hydrogens is 336 g/mol. The Hall–Kier alpha value is -2.15. The van der Waals surface area contributed by atoms with Crippen LogP contribution in [0.3, 0.4) is 0 Å². The van der Waals surface area contributed by atoms with Crippen LogP contribution in [0.15, 0.2) is 11.2 Å². The van der Waals surface area contributed by atoms with E-state index in [0.717, 1.165) is 37.3 Å². The Kier molecular flexibility index (Phi) is 5.06. The van der Waals surface area contributed by atoms with Gasteiger partial charge in [-0.15, -0.1) is 0 Å². The van der Waals surface area contributed by atoms with E-state index in [2.05, 4.69) is 10.1 Å². The van der Waals surface area contributed by atoms with E-state index < -0.39 is 0 Å². The minimum atomic E-state index is 0.00812. The molecule has 0 unspecified atom stereocenters. The van der Waals surface area contributed by atoms with Crippen molar-refractivity contribution in [2.45, 2.75) is 38.2 Å². The lowest BCUT2D eigenvalue weighted by atomic mass is 10.0. The molecule has 0 aromatic heterocycles. The fourth-order valence-corrected chi connectivity index (χ4v) is 3.90. The Morgan fingerprint density at radius 1 is 1.12 bits per heavy atom. The van der Waals surface area contributed by atoms with E-state index >= 15 is 0 Å². The molecule has 1 atom stereocenters. The third kappa shape index (κ3) is 3.40. The van der Waals surface area contributed by atoms with E-state index in [1.807, 2.05) is 6.07 Å². The summed E-state index contributed by atoms with van der Waals surface area (Å²) >= 11 is 0. The van der Waals surface area contributed by atoms with Crippen LogP contribution in [0.5, 0.6) is 23.0 Å². The summed E-state index contributed by atoms with van der Waals surface area (Å²) in [5.41, 5.74) is 2.11. The van der Waals surface area contributed by atoms with E-state index in [0.29, 0.717) is 29.4 Å². The number of methoxy groups -OCH3 is 2. The zero-order valence-electron chi connectivity index (χ0n) is 15.5. The molecule has 1 aromatic rings. The highest BCUT2D eigenvalue weighted by molar-refractivity contribution is 5.87. The Balaban J connectivity index is 1.43. The molecule has 3 aliphatic rings. The van der Waals surface area contributed by atoms with Gasteiger partial charge < -0.3 is 23.8 Å². The summed E-state index contributed by atoms with van der Waals surface area (Å²) in [7, 11) is 3.26. The van der Waals surface area contributed by atoms with Gasteiger partial charge in [-0.1, -0.05) is 11.6 Å². The minimum Gasteiger partial charge on any atom is -0.493 e. The van der Waals surface area contributed by atoms with Crippen LogP contribution < -0.4 is 18.9 Å². The molecule has 7 heteroatoms. The Morgan fingerprint density at radius 3 is 2.69 bits per heavy atom. The summed E-state index contributed by atoms with van der Waals surface area (Å²) < 4.78 is 22.1. The molecule has 0 radical (unpaired) electrons. The predicted octanol–water partition coefficient (Wildman–Crippen LogP) is 2.61. The van der Waals surface area contributed by atoms with Gasteiger partial charge in [0.2, 0.25) is 18.3 Å². The summed E-state index contributed by atoms with van der Waals surface area (Å²) in [5, 5.41) is 4.32. The smallest absolute Gasteiger partial charge is 0.231 e. The van der Waals surface area contributed by atoms with Crippen LogP contribution in [-0.4, -0.2) is 57.4 Å². The van der Waals surface area contributed by atoms with Gasteiger partial charge in [0, 0.05) is 24.9 Å². The maximum absolute atomic E-state index is 5.70. The molecule has 7 nitrogen and oxygen atoms in total. The summed E-state index contributed by atoms with van der Waals surface area (Å²) in [4.78, 5) is 8.17. The van der Waals surface area contributed by atoms with E-state index in [1.54, 1.807) is 14.2 Å². The van der Waals surface area contributed by atoms with Gasteiger partial charge in [-0.2, -0.15) is 0 Å². The van der Waals surface area contributed by atoms with Gasteiger partial charge in [0.25, 0.3) is 0 Å². The molecule has 1 fully saturated rings. The molecule has 1 aromatic carbocycles. The number of benzene rings is 1. The molecule has 3 aliphatic heterocycles. The normalized spacial score (nSPS) is 22.1. The van der Waals surface area contributed by atoms with Crippen molar-refractivity contribution >= 4 is 5.71 Å². The lowest BCUT2D eigenvalue weighted by molar-refractivity contribution is 0.0852. The van der Waals surface area contributed by atoms with Gasteiger partial charge in [0.15, 0.2) is 11.5 Å². The first-order valence-corrected chi connectivity index (χ1v) is 9.26. The minimum absolute atomic E-state index is 0.00812. The Morgan fingerprint density at radius 2 is 1.92 bits per heavy atom. The molecule has 0 N–H and O–H groups in total. The van der Waals surface area contributed by atoms with Gasteiger partial charge >= 0.3 is 0 Å². The first-order valence-electron chi connectivity index (χ1n) is 9.26. The fraction of sp³-hybridized carbons (Fsp3) is 0.632. The number of hydrogen-bond donors (Lipinski definition) is 0. The number of rotatable bonds is 6. The maximum atomic E-state index is 5.70. The van der Waals surface area contributed by atoms with Gasteiger partial charge in [-0.05, 0) is 32.0 Å². The van der Waals surface area contributed by atoms with Crippen molar-refractivity contribution in [1.82, 2.24) is 4.90 Å². The first-order chi connectivity index (χ1) is 12.8. The third-order valence-corrected chi connectivity index (χ3v) is 5.16. The van der Waals surface area contributed by atoms with Gasteiger partial charge in [-0.25, -0.2) is 0 Å². The molecule has 0 aliphatic carbocycles. The van der Waals surface area contributed by atoms with Gasteiger partial charge in [0.1, 0.15) is 6.10 Å². The largest absolute Gasteiger partial charge is 0.493 e. The Bertz CT molecular complexity index is 685. The first kappa shape index (κ1) is 17.3. The molecular formula is C19H26N2O5. The molecule has 0 bridgehead atoms. The molecule has 1 saturated heterocycles. The zero-order chi connectivity index (χ0) is 17.9. The standard InChI is InChI=1S/C19H26N2O5/c1-22-16-9-13(17(23-2)19-18(16)24-12-25-19)8-15-10-14(20-26-15)11-21-6-4-3-5-7-21/h9,15H,3-8,10-12H2,1-2H3/t15-/m0/s1. The second-order valence-electron chi connectivity index (χ2n) is 6.97. The van der Waals surface area contributed by atoms with Gasteiger partial charge in [-0.3, -0.25) is 4.90 Å². The molecule has 26 heavy (non-hydrogen) atoms. The number of hydrogen-bond acceptors (Lipinski definition) is 7. The van der Waals surface area contributed by atoms with E-state index in [-0.39, 0.29) is 12.9 Å². The molecule has 142 valence electrons. The zero-order valence-corrected chi connectivity index (χ0v) is 15.5. The molecule has 4 rings (SSSR count). The number of likely N-dealkylation sites (tertiary alicyclic amines) is 1. The Labute approximate surface area is 153 Å². The summed E-state index contributed by atoms with van der Waals surface area (Å²) in [6.07, 6.45) is 5.44. The quantitative estimate of drug-likeness (QED) is 0.775. The highest BCUT2D eigenvalue weighted by Crippen LogP contribution is 2.49. The van der Waals surface area contributed by atoms with E-state index in [9.17, 15) is 0 Å². The highest BCUT2D eigenvalue weighted by Gasteiger charge is 2.30. The van der Waals surface area contributed by atoms with Crippen LogP contribution >= 0.6 is 0 Å². The van der Waals surface area contributed by atoms with Crippen molar-refractivity contribution in [3.63, 3.8) is 0 Å². The van der Waals surface area contributed by atoms with Crippen LogP contribution in [-0.2, 0) is 11.3 Å². The highest BCUT2D eigenvalue weighted by atomic mass is 16.7. The van der Waals surface area contributed by atoms with Crippen LogP contribution in [0.25, 0.3) is 0 Å². The maximum Gasteiger partial charge on any atom is 0.231 e. The second kappa shape index (κ2) is 7.61. The van der Waals surface area contributed by atoms with Crippen molar-refractivity contribution in [3.05, 3.63) is 11.6 Å². The van der Waals surface area contributed by atoms with E-state index in [4.69, 9.17) is 23.8 Å². The lowest BCUT2D eigenvalue weighted by Gasteiger charge is -2.25. The number of piperidine rings is 1.